The van der Waals surface area contributed by atoms with Gasteiger partial charge in [-0.25, -0.2) is 0 Å². The van der Waals surface area contributed by atoms with Gasteiger partial charge < -0.3 is 10.1 Å². The van der Waals surface area contributed by atoms with Crippen LogP contribution >= 0.6 is 0 Å². The normalized spacial score (nSPS) is 28.0. The number of rotatable bonds is 5. The zero-order valence-corrected chi connectivity index (χ0v) is 13.4. The van der Waals surface area contributed by atoms with Gasteiger partial charge in [-0.15, -0.1) is 0 Å². The largest absolute Gasteiger partial charge is 0.371 e. The molecule has 3 heterocycles. The molecule has 22 heavy (non-hydrogen) atoms. The second kappa shape index (κ2) is 6.75. The first kappa shape index (κ1) is 15.4. The average molecular weight is 303 g/mol. The lowest BCUT2D eigenvalue weighted by molar-refractivity contribution is -0.122. The summed E-state index contributed by atoms with van der Waals surface area (Å²) in [6.07, 6.45) is 5.64. The highest BCUT2D eigenvalue weighted by atomic mass is 16.5. The smallest absolute Gasteiger partial charge is 0.230 e. The van der Waals surface area contributed by atoms with E-state index >= 15 is 0 Å². The number of nitrogens with one attached hydrogen (secondary N) is 1. The Morgan fingerprint density at radius 3 is 3.09 bits per heavy atom. The van der Waals surface area contributed by atoms with E-state index < -0.39 is 0 Å². The third-order valence-corrected chi connectivity index (χ3v) is 4.52. The Hall–Kier alpha value is -1.46. The summed E-state index contributed by atoms with van der Waals surface area (Å²) in [6, 6.07) is 3.69. The Kier molecular flexibility index (Phi) is 4.74. The first-order valence-electron chi connectivity index (χ1n) is 8.20. The van der Waals surface area contributed by atoms with Crippen LogP contribution in [0.25, 0.3) is 0 Å². The summed E-state index contributed by atoms with van der Waals surface area (Å²) in [5.41, 5.74) is 0.755. The maximum atomic E-state index is 12.5. The van der Waals surface area contributed by atoms with Gasteiger partial charge in [0.05, 0.1) is 30.0 Å². The molecule has 0 spiro atoms. The fourth-order valence-electron chi connectivity index (χ4n) is 3.31. The molecule has 2 bridgehead atoms. The molecule has 0 aromatic carbocycles. The Bertz CT molecular complexity index is 506. The molecular weight excluding hydrogens is 278 g/mol. The Morgan fingerprint density at radius 2 is 2.36 bits per heavy atom. The van der Waals surface area contributed by atoms with E-state index in [-0.39, 0.29) is 24.0 Å². The molecule has 3 atom stereocenters. The minimum Gasteiger partial charge on any atom is -0.371 e. The van der Waals surface area contributed by atoms with Crippen molar-refractivity contribution in [2.75, 3.05) is 25.0 Å². The number of amides is 1. The molecule has 3 rings (SSSR count). The molecule has 0 aliphatic carbocycles. The van der Waals surface area contributed by atoms with E-state index in [4.69, 9.17) is 4.74 Å². The van der Waals surface area contributed by atoms with Crippen molar-refractivity contribution in [1.29, 1.82) is 0 Å². The molecule has 5 nitrogen and oxygen atoms in total. The van der Waals surface area contributed by atoms with Gasteiger partial charge in [0.15, 0.2) is 0 Å². The predicted molar refractivity (Wildman–Crippen MR) is 85.5 cm³/mol. The van der Waals surface area contributed by atoms with Crippen LogP contribution in [0.2, 0.25) is 0 Å². The van der Waals surface area contributed by atoms with Crippen LogP contribution in [0.15, 0.2) is 24.5 Å². The van der Waals surface area contributed by atoms with Crippen molar-refractivity contribution >= 4 is 11.6 Å². The van der Waals surface area contributed by atoms with E-state index in [9.17, 15) is 4.79 Å². The maximum Gasteiger partial charge on any atom is 0.230 e. The molecule has 1 amide bonds. The lowest BCUT2D eigenvalue weighted by Crippen LogP contribution is -2.45. The molecule has 120 valence electrons. The van der Waals surface area contributed by atoms with Crippen molar-refractivity contribution in [1.82, 2.24) is 9.88 Å². The highest BCUT2D eigenvalue weighted by Gasteiger charge is 2.44. The number of fused-ring (bicyclic) bond motifs is 2. The highest BCUT2D eigenvalue weighted by molar-refractivity contribution is 5.93. The number of hydrogen-bond acceptors (Lipinski definition) is 4. The summed E-state index contributed by atoms with van der Waals surface area (Å²) in [4.78, 5) is 19.0. The molecule has 2 aliphatic heterocycles. The van der Waals surface area contributed by atoms with Crippen LogP contribution in [0.3, 0.4) is 0 Å². The number of carbonyl (C=O) groups excluding carboxylic acids is 1. The first-order valence-corrected chi connectivity index (χ1v) is 8.20. The van der Waals surface area contributed by atoms with E-state index in [1.807, 2.05) is 12.1 Å². The van der Waals surface area contributed by atoms with E-state index in [0.717, 1.165) is 31.7 Å². The Morgan fingerprint density at radius 1 is 1.50 bits per heavy atom. The zero-order chi connectivity index (χ0) is 15.5. The summed E-state index contributed by atoms with van der Waals surface area (Å²) in [7, 11) is 0. The third kappa shape index (κ3) is 3.65. The predicted octanol–water partition coefficient (Wildman–Crippen LogP) is 2.16. The second-order valence-corrected chi connectivity index (χ2v) is 6.81. The van der Waals surface area contributed by atoms with Gasteiger partial charge in [0.1, 0.15) is 0 Å². The summed E-state index contributed by atoms with van der Waals surface area (Å²) in [5, 5.41) is 2.96. The number of nitrogens with zero attached hydrogens (tertiary/aromatic N) is 2. The fraction of sp³-hybridized carbons (Fsp3) is 0.647. The van der Waals surface area contributed by atoms with Crippen molar-refractivity contribution in [2.24, 2.45) is 11.8 Å². The summed E-state index contributed by atoms with van der Waals surface area (Å²) in [6.45, 7) is 7.43. The molecule has 0 unspecified atom stereocenters. The Labute approximate surface area is 132 Å². The molecule has 5 heteroatoms. The lowest BCUT2D eigenvalue weighted by atomic mass is 9.99. The molecule has 0 saturated carbocycles. The molecular formula is C17H25N3O2. The standard InChI is InChI=1S/C17H25N3O2/c1-12(2)5-7-20-10-14-8-15(16(11-20)22-14)17(21)19-13-4-3-6-18-9-13/h3-4,6,9,12,14-16H,5,7-8,10-11H2,1-2H3,(H,19,21)/t14-,15-,16-/m0/s1. The monoisotopic (exact) mass is 303 g/mol. The van der Waals surface area contributed by atoms with E-state index in [1.54, 1.807) is 12.4 Å². The second-order valence-electron chi connectivity index (χ2n) is 6.81. The van der Waals surface area contributed by atoms with Gasteiger partial charge in [-0.05, 0) is 37.4 Å². The number of hydrogen-bond donors (Lipinski definition) is 1. The number of ether oxygens (including phenoxy) is 1. The molecule has 1 N–H and O–H groups in total. The molecule has 1 aromatic rings. The van der Waals surface area contributed by atoms with Crippen LogP contribution in [-0.2, 0) is 9.53 Å². The number of carbonyl (C=O) groups is 1. The van der Waals surface area contributed by atoms with Crippen molar-refractivity contribution < 1.29 is 9.53 Å². The fourth-order valence-corrected chi connectivity index (χ4v) is 3.31. The summed E-state index contributed by atoms with van der Waals surface area (Å²) >= 11 is 0. The zero-order valence-electron chi connectivity index (χ0n) is 13.4. The molecule has 2 aliphatic rings. The van der Waals surface area contributed by atoms with Crippen LogP contribution in [-0.4, -0.2) is 47.6 Å². The SMILES string of the molecule is CC(C)CCN1C[C@@H]2C[C@H](C(=O)Nc3cccnc3)[C@H](C1)O2. The van der Waals surface area contributed by atoms with E-state index in [0.29, 0.717) is 5.92 Å². The van der Waals surface area contributed by atoms with E-state index in [2.05, 4.69) is 29.0 Å². The van der Waals surface area contributed by atoms with E-state index in [1.165, 1.54) is 6.42 Å². The van der Waals surface area contributed by atoms with Crippen molar-refractivity contribution in [3.63, 3.8) is 0 Å². The van der Waals surface area contributed by atoms with Crippen LogP contribution < -0.4 is 5.32 Å². The summed E-state index contributed by atoms with van der Waals surface area (Å²) < 4.78 is 5.99. The number of likely N-dealkylation sites (tertiary alicyclic amines) is 1. The number of morpholine rings is 1. The van der Waals surface area contributed by atoms with Gasteiger partial charge in [0.2, 0.25) is 5.91 Å². The van der Waals surface area contributed by atoms with Gasteiger partial charge in [-0.1, -0.05) is 13.8 Å². The maximum absolute atomic E-state index is 12.5. The van der Waals surface area contributed by atoms with Crippen LogP contribution in [0.5, 0.6) is 0 Å². The topological polar surface area (TPSA) is 54.5 Å². The van der Waals surface area contributed by atoms with Gasteiger partial charge in [-0.3, -0.25) is 14.7 Å². The van der Waals surface area contributed by atoms with Crippen molar-refractivity contribution in [3.8, 4) is 0 Å². The quantitative estimate of drug-likeness (QED) is 0.905. The number of aromatic nitrogens is 1. The first-order chi connectivity index (χ1) is 10.6. The third-order valence-electron chi connectivity index (χ3n) is 4.52. The van der Waals surface area contributed by atoms with Gasteiger partial charge in [-0.2, -0.15) is 0 Å². The minimum absolute atomic E-state index is 0.0302. The Balaban J connectivity index is 1.57. The van der Waals surface area contributed by atoms with Crippen LogP contribution in [0.1, 0.15) is 26.7 Å². The van der Waals surface area contributed by atoms with Crippen molar-refractivity contribution in [3.05, 3.63) is 24.5 Å². The molecule has 2 fully saturated rings. The summed E-state index contributed by atoms with van der Waals surface area (Å²) in [5.74, 6) is 0.727. The average Bonchev–Trinajstić information content (AvgIpc) is 2.81. The highest BCUT2D eigenvalue weighted by Crippen LogP contribution is 2.33. The number of anilines is 1. The molecule has 0 radical (unpaired) electrons. The molecule has 1 aromatic heterocycles. The number of pyridine rings is 1. The lowest BCUT2D eigenvalue weighted by Gasteiger charge is -2.33. The van der Waals surface area contributed by atoms with Gasteiger partial charge in [0, 0.05) is 19.3 Å². The molecule has 2 saturated heterocycles. The van der Waals surface area contributed by atoms with Gasteiger partial charge in [0.25, 0.3) is 0 Å². The van der Waals surface area contributed by atoms with Crippen LogP contribution in [0, 0.1) is 11.8 Å². The van der Waals surface area contributed by atoms with Crippen molar-refractivity contribution in [2.45, 2.75) is 38.9 Å². The van der Waals surface area contributed by atoms with Gasteiger partial charge >= 0.3 is 0 Å². The van der Waals surface area contributed by atoms with Crippen LogP contribution in [0.4, 0.5) is 5.69 Å². The minimum atomic E-state index is -0.0470.